The lowest BCUT2D eigenvalue weighted by Gasteiger charge is -2.17. The molecule has 102 valence electrons. The molecule has 0 N–H and O–H groups in total. The van der Waals surface area contributed by atoms with Crippen LogP contribution in [-0.2, 0) is 4.79 Å². The van der Waals surface area contributed by atoms with E-state index in [1.807, 2.05) is 30.0 Å². The molecule has 1 amide bonds. The lowest BCUT2D eigenvalue weighted by Crippen LogP contribution is -2.31. The van der Waals surface area contributed by atoms with Crippen LogP contribution in [0.1, 0.15) is 31.4 Å². The minimum Gasteiger partial charge on any atom is -0.472 e. The van der Waals surface area contributed by atoms with Crippen molar-refractivity contribution in [1.29, 1.82) is 0 Å². The van der Waals surface area contributed by atoms with Crippen LogP contribution >= 0.6 is 0 Å². The van der Waals surface area contributed by atoms with E-state index in [0.29, 0.717) is 24.2 Å². The monoisotopic (exact) mass is 260 g/mol. The van der Waals surface area contributed by atoms with E-state index in [9.17, 15) is 4.79 Å². The van der Waals surface area contributed by atoms with Gasteiger partial charge in [0.2, 0.25) is 11.8 Å². The second-order valence-electron chi connectivity index (χ2n) is 5.63. The highest BCUT2D eigenvalue weighted by atomic mass is 16.5. The van der Waals surface area contributed by atoms with Gasteiger partial charge in [0.1, 0.15) is 6.10 Å². The predicted molar refractivity (Wildman–Crippen MR) is 71.9 cm³/mol. The fraction of sp³-hybridized carbons (Fsp3) is 0.600. The van der Waals surface area contributed by atoms with E-state index in [4.69, 9.17) is 4.74 Å². The molecule has 0 radical (unpaired) electrons. The van der Waals surface area contributed by atoms with E-state index in [1.165, 1.54) is 12.8 Å². The number of amides is 1. The van der Waals surface area contributed by atoms with Gasteiger partial charge in [0, 0.05) is 31.1 Å². The van der Waals surface area contributed by atoms with Gasteiger partial charge in [-0.2, -0.15) is 0 Å². The maximum Gasteiger partial charge on any atom is 0.222 e. The lowest BCUT2D eigenvalue weighted by atomic mass is 10.2. The van der Waals surface area contributed by atoms with Crippen molar-refractivity contribution in [3.63, 3.8) is 0 Å². The number of carbonyl (C=O) groups excluding carboxylic acids is 1. The maximum absolute atomic E-state index is 12.0. The fourth-order valence-corrected chi connectivity index (χ4v) is 2.50. The van der Waals surface area contributed by atoms with E-state index in [-0.39, 0.29) is 6.10 Å². The summed E-state index contributed by atoms with van der Waals surface area (Å²) in [5.74, 6) is 1.62. The molecule has 1 aromatic heterocycles. The summed E-state index contributed by atoms with van der Waals surface area (Å²) in [5, 5.41) is 0. The zero-order valence-electron chi connectivity index (χ0n) is 11.3. The molecular weight excluding hydrogens is 240 g/mol. The van der Waals surface area contributed by atoms with Crippen molar-refractivity contribution in [3.05, 3.63) is 23.9 Å². The van der Waals surface area contributed by atoms with Gasteiger partial charge in [-0.05, 0) is 31.7 Å². The summed E-state index contributed by atoms with van der Waals surface area (Å²) in [4.78, 5) is 18.3. The van der Waals surface area contributed by atoms with E-state index in [1.54, 1.807) is 0 Å². The van der Waals surface area contributed by atoms with Crippen LogP contribution in [0.15, 0.2) is 18.2 Å². The second-order valence-corrected chi connectivity index (χ2v) is 5.63. The number of nitrogens with zero attached hydrogens (tertiary/aromatic N) is 2. The average Bonchev–Trinajstić information content (AvgIpc) is 3.06. The van der Waals surface area contributed by atoms with Crippen LogP contribution in [0, 0.1) is 12.8 Å². The van der Waals surface area contributed by atoms with Crippen LogP contribution < -0.4 is 4.74 Å². The van der Waals surface area contributed by atoms with Gasteiger partial charge in [-0.1, -0.05) is 6.07 Å². The van der Waals surface area contributed by atoms with Crippen LogP contribution in [0.2, 0.25) is 0 Å². The highest BCUT2D eigenvalue weighted by Crippen LogP contribution is 2.33. The molecule has 2 heterocycles. The topological polar surface area (TPSA) is 42.4 Å². The first-order valence-electron chi connectivity index (χ1n) is 7.09. The number of carbonyl (C=O) groups is 1. The summed E-state index contributed by atoms with van der Waals surface area (Å²) in [5.41, 5.74) is 0.956. The molecular formula is C15H20N2O2. The number of aromatic nitrogens is 1. The third kappa shape index (κ3) is 3.25. The summed E-state index contributed by atoms with van der Waals surface area (Å²) < 4.78 is 5.85. The largest absolute Gasteiger partial charge is 0.472 e. The molecule has 1 aliphatic carbocycles. The standard InChI is InChI=1S/C15H20N2O2/c1-11-3-2-4-14(16-11)19-13-7-8-17(10-13)15(18)9-12-5-6-12/h2-4,12-13H,5-10H2,1H3. The quantitative estimate of drug-likeness (QED) is 0.833. The Kier molecular flexibility index (Phi) is 3.40. The first kappa shape index (κ1) is 12.5. The minimum atomic E-state index is 0.0949. The zero-order chi connectivity index (χ0) is 13.2. The molecule has 19 heavy (non-hydrogen) atoms. The Bertz CT molecular complexity index is 471. The highest BCUT2D eigenvalue weighted by Gasteiger charge is 2.31. The molecule has 1 saturated carbocycles. The second kappa shape index (κ2) is 5.19. The summed E-state index contributed by atoms with van der Waals surface area (Å²) in [6.07, 6.45) is 4.19. The van der Waals surface area contributed by atoms with Crippen LogP contribution in [-0.4, -0.2) is 35.0 Å². The molecule has 4 nitrogen and oxygen atoms in total. The van der Waals surface area contributed by atoms with Crippen molar-refractivity contribution in [2.24, 2.45) is 5.92 Å². The molecule has 0 bridgehead atoms. The van der Waals surface area contributed by atoms with Crippen LogP contribution in [0.3, 0.4) is 0 Å². The van der Waals surface area contributed by atoms with Crippen LogP contribution in [0.4, 0.5) is 0 Å². The maximum atomic E-state index is 12.0. The Hall–Kier alpha value is -1.58. The van der Waals surface area contributed by atoms with Gasteiger partial charge in [0.05, 0.1) is 6.54 Å². The number of likely N-dealkylation sites (tertiary alicyclic amines) is 1. The molecule has 2 fully saturated rings. The Balaban J connectivity index is 1.52. The molecule has 0 spiro atoms. The van der Waals surface area contributed by atoms with Crippen LogP contribution in [0.5, 0.6) is 5.88 Å². The van der Waals surface area contributed by atoms with Gasteiger partial charge in [0.15, 0.2) is 0 Å². The normalized spacial score (nSPS) is 22.6. The van der Waals surface area contributed by atoms with Gasteiger partial charge >= 0.3 is 0 Å². The molecule has 2 aliphatic rings. The van der Waals surface area contributed by atoms with Crippen molar-refractivity contribution in [2.45, 2.75) is 38.7 Å². The number of rotatable bonds is 4. The van der Waals surface area contributed by atoms with Gasteiger partial charge in [0.25, 0.3) is 0 Å². The minimum absolute atomic E-state index is 0.0949. The highest BCUT2D eigenvalue weighted by molar-refractivity contribution is 5.77. The third-order valence-corrected chi connectivity index (χ3v) is 3.81. The van der Waals surface area contributed by atoms with E-state index >= 15 is 0 Å². The molecule has 4 heteroatoms. The van der Waals surface area contributed by atoms with Crippen molar-refractivity contribution >= 4 is 5.91 Å². The van der Waals surface area contributed by atoms with Gasteiger partial charge < -0.3 is 9.64 Å². The molecule has 1 saturated heterocycles. The van der Waals surface area contributed by atoms with Crippen molar-refractivity contribution in [1.82, 2.24) is 9.88 Å². The average molecular weight is 260 g/mol. The summed E-state index contributed by atoms with van der Waals surface area (Å²) in [7, 11) is 0. The fourth-order valence-electron chi connectivity index (χ4n) is 2.50. The van der Waals surface area contributed by atoms with Crippen molar-refractivity contribution in [2.75, 3.05) is 13.1 Å². The Morgan fingerprint density at radius 1 is 1.42 bits per heavy atom. The molecule has 0 aromatic carbocycles. The molecule has 1 aromatic rings. The zero-order valence-corrected chi connectivity index (χ0v) is 11.3. The first-order chi connectivity index (χ1) is 9.20. The number of hydrogen-bond donors (Lipinski definition) is 0. The van der Waals surface area contributed by atoms with Gasteiger partial charge in [-0.3, -0.25) is 4.79 Å². The summed E-state index contributed by atoms with van der Waals surface area (Å²) in [6.45, 7) is 3.48. The third-order valence-electron chi connectivity index (χ3n) is 3.81. The Morgan fingerprint density at radius 3 is 3.00 bits per heavy atom. The number of aryl methyl sites for hydroxylation is 1. The summed E-state index contributed by atoms with van der Waals surface area (Å²) >= 11 is 0. The lowest BCUT2D eigenvalue weighted by molar-refractivity contribution is -0.130. The molecule has 1 unspecified atom stereocenters. The summed E-state index contributed by atoms with van der Waals surface area (Å²) in [6, 6.07) is 5.78. The van der Waals surface area contributed by atoms with E-state index < -0.39 is 0 Å². The van der Waals surface area contributed by atoms with Gasteiger partial charge in [-0.25, -0.2) is 4.98 Å². The molecule has 1 aliphatic heterocycles. The molecule has 1 atom stereocenters. The van der Waals surface area contributed by atoms with Crippen molar-refractivity contribution < 1.29 is 9.53 Å². The Labute approximate surface area is 113 Å². The Morgan fingerprint density at radius 2 is 2.26 bits per heavy atom. The molecule has 3 rings (SSSR count). The number of hydrogen-bond acceptors (Lipinski definition) is 3. The first-order valence-corrected chi connectivity index (χ1v) is 7.09. The van der Waals surface area contributed by atoms with Gasteiger partial charge in [-0.15, -0.1) is 0 Å². The van der Waals surface area contributed by atoms with Crippen molar-refractivity contribution in [3.8, 4) is 5.88 Å². The smallest absolute Gasteiger partial charge is 0.222 e. The van der Waals surface area contributed by atoms with E-state index in [0.717, 1.165) is 25.1 Å². The SMILES string of the molecule is Cc1cccc(OC2CCN(C(=O)CC3CC3)C2)n1. The number of pyridine rings is 1. The van der Waals surface area contributed by atoms with Crippen LogP contribution in [0.25, 0.3) is 0 Å². The van der Waals surface area contributed by atoms with E-state index in [2.05, 4.69) is 4.98 Å². The number of ether oxygens (including phenoxy) is 1. The predicted octanol–water partition coefficient (Wildman–Crippen LogP) is 2.17.